The lowest BCUT2D eigenvalue weighted by molar-refractivity contribution is -0.384. The highest BCUT2D eigenvalue weighted by Crippen LogP contribution is 2.15. The van der Waals surface area contributed by atoms with Crippen molar-refractivity contribution in [2.45, 2.75) is 0 Å². The number of nitro benzene ring substituents is 1. The summed E-state index contributed by atoms with van der Waals surface area (Å²) in [6, 6.07) is 13.4. The number of allylic oxidation sites excluding steroid dienone is 2. The third kappa shape index (κ3) is 4.93. The van der Waals surface area contributed by atoms with Crippen LogP contribution in [0.1, 0.15) is 11.1 Å². The molecule has 0 radical (unpaired) electrons. The van der Waals surface area contributed by atoms with E-state index in [0.717, 1.165) is 5.56 Å². The molecule has 0 heterocycles. The third-order valence-electron chi connectivity index (χ3n) is 3.05. The fourth-order valence-corrected chi connectivity index (χ4v) is 1.90. The second-order valence-corrected chi connectivity index (χ2v) is 4.70. The van der Waals surface area contributed by atoms with Crippen LogP contribution in [0.2, 0.25) is 0 Å². The minimum atomic E-state index is -0.470. The molecule has 0 aliphatic rings. The normalized spacial score (nSPS) is 11.0. The molecular formula is C18H15NO4. The van der Waals surface area contributed by atoms with Crippen molar-refractivity contribution in [3.63, 3.8) is 0 Å². The number of nitrogens with zero attached hydrogens (tertiary/aromatic N) is 1. The summed E-state index contributed by atoms with van der Waals surface area (Å²) in [4.78, 5) is 22.0. The topological polar surface area (TPSA) is 69.4 Å². The van der Waals surface area contributed by atoms with Gasteiger partial charge in [0.25, 0.3) is 5.69 Å². The Kier molecular flexibility index (Phi) is 5.41. The fourth-order valence-electron chi connectivity index (χ4n) is 1.90. The minimum absolute atomic E-state index is 0.00785. The molecule has 0 aliphatic carbocycles. The molecule has 5 nitrogen and oxygen atoms in total. The monoisotopic (exact) mass is 309 g/mol. The van der Waals surface area contributed by atoms with Crippen molar-refractivity contribution in [3.8, 4) is 5.75 Å². The van der Waals surface area contributed by atoms with Crippen LogP contribution in [0.15, 0.2) is 60.7 Å². The Labute approximate surface area is 133 Å². The first-order valence-electron chi connectivity index (χ1n) is 6.87. The van der Waals surface area contributed by atoms with Gasteiger partial charge in [0.2, 0.25) is 0 Å². The first-order chi connectivity index (χ1) is 11.1. The number of carbonyl (C=O) groups excluding carboxylic acids is 1. The Morgan fingerprint density at radius 2 is 1.65 bits per heavy atom. The molecule has 0 aliphatic heterocycles. The zero-order valence-corrected chi connectivity index (χ0v) is 12.5. The number of methoxy groups -OCH3 is 1. The largest absolute Gasteiger partial charge is 0.497 e. The molecule has 116 valence electrons. The number of rotatable bonds is 6. The lowest BCUT2D eigenvalue weighted by atomic mass is 10.1. The number of nitro groups is 1. The second-order valence-electron chi connectivity index (χ2n) is 4.70. The van der Waals surface area contributed by atoms with Gasteiger partial charge in [-0.15, -0.1) is 0 Å². The maximum absolute atomic E-state index is 11.8. The smallest absolute Gasteiger partial charge is 0.270 e. The van der Waals surface area contributed by atoms with Crippen molar-refractivity contribution in [3.05, 3.63) is 81.9 Å². The minimum Gasteiger partial charge on any atom is -0.497 e. The van der Waals surface area contributed by atoms with E-state index in [1.54, 1.807) is 31.4 Å². The van der Waals surface area contributed by atoms with Gasteiger partial charge < -0.3 is 4.74 Å². The zero-order valence-electron chi connectivity index (χ0n) is 12.5. The quantitative estimate of drug-likeness (QED) is 0.461. The maximum atomic E-state index is 11.8. The summed E-state index contributed by atoms with van der Waals surface area (Å²) in [5.74, 6) is 0.506. The van der Waals surface area contributed by atoms with Crippen LogP contribution in [0.5, 0.6) is 5.75 Å². The summed E-state index contributed by atoms with van der Waals surface area (Å²) in [6.07, 6.45) is 6.03. The van der Waals surface area contributed by atoms with Gasteiger partial charge in [0.1, 0.15) is 5.75 Å². The van der Waals surface area contributed by atoms with Crippen molar-refractivity contribution in [1.29, 1.82) is 0 Å². The molecule has 0 aromatic heterocycles. The van der Waals surface area contributed by atoms with E-state index < -0.39 is 4.92 Å². The first kappa shape index (κ1) is 16.2. The van der Waals surface area contributed by atoms with E-state index >= 15 is 0 Å². The highest BCUT2D eigenvalue weighted by atomic mass is 16.6. The van der Waals surface area contributed by atoms with Crippen LogP contribution in [0.3, 0.4) is 0 Å². The van der Waals surface area contributed by atoms with E-state index in [9.17, 15) is 14.9 Å². The van der Waals surface area contributed by atoms with Crippen molar-refractivity contribution in [2.24, 2.45) is 0 Å². The Bertz CT molecular complexity index is 778. The predicted molar refractivity (Wildman–Crippen MR) is 89.2 cm³/mol. The number of hydrogen-bond acceptors (Lipinski definition) is 4. The highest BCUT2D eigenvalue weighted by Gasteiger charge is 2.03. The number of benzene rings is 2. The molecule has 0 amide bonds. The molecule has 0 saturated carbocycles. The van der Waals surface area contributed by atoms with Gasteiger partial charge in [0, 0.05) is 12.1 Å². The average molecular weight is 309 g/mol. The predicted octanol–water partition coefficient (Wildman–Crippen LogP) is 3.90. The summed E-state index contributed by atoms with van der Waals surface area (Å²) in [5.41, 5.74) is 1.44. The van der Waals surface area contributed by atoms with Crippen molar-refractivity contribution in [2.75, 3.05) is 7.11 Å². The van der Waals surface area contributed by atoms with Crippen LogP contribution in [0.25, 0.3) is 12.2 Å². The zero-order chi connectivity index (χ0) is 16.7. The lowest BCUT2D eigenvalue weighted by Crippen LogP contribution is -1.88. The summed E-state index contributed by atoms with van der Waals surface area (Å²) in [7, 11) is 1.58. The summed E-state index contributed by atoms with van der Waals surface area (Å²) >= 11 is 0. The molecule has 0 atom stereocenters. The molecule has 0 unspecified atom stereocenters. The number of hydrogen-bond donors (Lipinski definition) is 0. The first-order valence-corrected chi connectivity index (χ1v) is 6.87. The second kappa shape index (κ2) is 7.70. The standard InChI is InChI=1S/C18H15NO4/c1-23-18-7-3-5-15(13-18)9-11-17(20)10-8-14-4-2-6-16(12-14)19(21)22/h2-13H,1H3/b10-8+,11-9+. The van der Waals surface area contributed by atoms with E-state index in [-0.39, 0.29) is 11.5 Å². The Balaban J connectivity index is 2.05. The van der Waals surface area contributed by atoms with Gasteiger partial charge in [-0.2, -0.15) is 0 Å². The Hall–Kier alpha value is -3.21. The van der Waals surface area contributed by atoms with Crippen LogP contribution in [0, 0.1) is 10.1 Å². The molecule has 0 fully saturated rings. The molecule has 0 saturated heterocycles. The third-order valence-corrected chi connectivity index (χ3v) is 3.05. The summed E-state index contributed by atoms with van der Waals surface area (Å²) in [6.45, 7) is 0. The average Bonchev–Trinajstić information content (AvgIpc) is 2.58. The van der Waals surface area contributed by atoms with E-state index in [4.69, 9.17) is 4.74 Å². The van der Waals surface area contributed by atoms with Gasteiger partial charge in [-0.1, -0.05) is 36.4 Å². The molecule has 0 spiro atoms. The van der Waals surface area contributed by atoms with Crippen LogP contribution in [-0.4, -0.2) is 17.8 Å². The van der Waals surface area contributed by atoms with Crippen molar-refractivity contribution >= 4 is 23.6 Å². The fraction of sp³-hybridized carbons (Fsp3) is 0.0556. The molecule has 0 N–H and O–H groups in total. The van der Waals surface area contributed by atoms with Gasteiger partial charge in [-0.05, 0) is 35.4 Å². The molecule has 2 rings (SSSR count). The van der Waals surface area contributed by atoms with Crippen LogP contribution in [0.4, 0.5) is 5.69 Å². The Morgan fingerprint density at radius 1 is 1.04 bits per heavy atom. The number of non-ortho nitro benzene ring substituents is 1. The van der Waals surface area contributed by atoms with E-state index in [1.165, 1.54) is 24.3 Å². The molecule has 23 heavy (non-hydrogen) atoms. The van der Waals surface area contributed by atoms with Gasteiger partial charge in [0.05, 0.1) is 12.0 Å². The van der Waals surface area contributed by atoms with E-state index in [1.807, 2.05) is 24.3 Å². The lowest BCUT2D eigenvalue weighted by Gasteiger charge is -1.99. The molecular weight excluding hydrogens is 294 g/mol. The number of ketones is 1. The van der Waals surface area contributed by atoms with Gasteiger partial charge >= 0.3 is 0 Å². The highest BCUT2D eigenvalue weighted by molar-refractivity contribution is 6.04. The number of carbonyl (C=O) groups is 1. The van der Waals surface area contributed by atoms with Crippen LogP contribution in [-0.2, 0) is 4.79 Å². The molecule has 2 aromatic rings. The van der Waals surface area contributed by atoms with E-state index in [2.05, 4.69) is 0 Å². The molecule has 0 bridgehead atoms. The molecule has 5 heteroatoms. The van der Waals surface area contributed by atoms with E-state index in [0.29, 0.717) is 11.3 Å². The summed E-state index contributed by atoms with van der Waals surface area (Å²) < 4.78 is 5.11. The maximum Gasteiger partial charge on any atom is 0.270 e. The van der Waals surface area contributed by atoms with Crippen molar-refractivity contribution in [1.82, 2.24) is 0 Å². The van der Waals surface area contributed by atoms with Crippen LogP contribution >= 0.6 is 0 Å². The van der Waals surface area contributed by atoms with Gasteiger partial charge in [-0.3, -0.25) is 14.9 Å². The summed E-state index contributed by atoms with van der Waals surface area (Å²) in [5, 5.41) is 10.7. The Morgan fingerprint density at radius 3 is 2.26 bits per heavy atom. The number of ether oxygens (including phenoxy) is 1. The SMILES string of the molecule is COc1cccc(/C=C/C(=O)/C=C/c2cccc([N+](=O)[O-])c2)c1. The van der Waals surface area contributed by atoms with Crippen LogP contribution < -0.4 is 4.74 Å². The van der Waals surface area contributed by atoms with Crippen molar-refractivity contribution < 1.29 is 14.5 Å². The molecule has 2 aromatic carbocycles. The van der Waals surface area contributed by atoms with Gasteiger partial charge in [-0.25, -0.2) is 0 Å². The van der Waals surface area contributed by atoms with Gasteiger partial charge in [0.15, 0.2) is 5.78 Å².